The van der Waals surface area contributed by atoms with Crippen LogP contribution in [0, 0.1) is 5.41 Å². The zero-order chi connectivity index (χ0) is 17.2. The quantitative estimate of drug-likeness (QED) is 0.198. The SMILES string of the molecule is N=C(OCCNC(N)=O)[C@@H]1CC[C@@H]2CN1C(=O)N2OS(=O)(=O)O. The lowest BCUT2D eigenvalue weighted by Gasteiger charge is -2.30. The Kier molecular flexibility index (Phi) is 4.91. The number of amides is 4. The van der Waals surface area contributed by atoms with Crippen molar-refractivity contribution in [1.29, 1.82) is 5.41 Å². The van der Waals surface area contributed by atoms with E-state index in [0.717, 1.165) is 0 Å². The first-order chi connectivity index (χ1) is 10.7. The molecule has 4 amide bonds. The summed E-state index contributed by atoms with van der Waals surface area (Å²) < 4.78 is 39.7. The molecule has 0 radical (unpaired) electrons. The Morgan fingerprint density at radius 2 is 2.17 bits per heavy atom. The molecule has 12 nitrogen and oxygen atoms in total. The minimum absolute atomic E-state index is 0.00889. The minimum Gasteiger partial charge on any atom is -0.478 e. The van der Waals surface area contributed by atoms with Crippen molar-refractivity contribution in [2.75, 3.05) is 19.7 Å². The second kappa shape index (κ2) is 6.55. The van der Waals surface area contributed by atoms with E-state index in [4.69, 9.17) is 20.4 Å². The van der Waals surface area contributed by atoms with E-state index < -0.39 is 34.5 Å². The molecule has 0 aliphatic carbocycles. The van der Waals surface area contributed by atoms with Crippen LogP contribution in [0.4, 0.5) is 9.59 Å². The molecule has 0 spiro atoms. The molecule has 0 aromatic heterocycles. The Labute approximate surface area is 131 Å². The van der Waals surface area contributed by atoms with Crippen molar-refractivity contribution in [2.45, 2.75) is 24.9 Å². The van der Waals surface area contributed by atoms with Gasteiger partial charge in [0.2, 0.25) is 5.90 Å². The summed E-state index contributed by atoms with van der Waals surface area (Å²) in [4.78, 5) is 23.9. The highest BCUT2D eigenvalue weighted by Gasteiger charge is 2.48. The van der Waals surface area contributed by atoms with Crippen LogP contribution >= 0.6 is 0 Å². The van der Waals surface area contributed by atoms with Crippen molar-refractivity contribution >= 4 is 28.4 Å². The molecule has 0 aromatic carbocycles. The van der Waals surface area contributed by atoms with Gasteiger partial charge in [0.05, 0.1) is 12.6 Å². The summed E-state index contributed by atoms with van der Waals surface area (Å²) in [5, 5.41) is 10.8. The van der Waals surface area contributed by atoms with Gasteiger partial charge >= 0.3 is 22.5 Å². The average Bonchev–Trinajstić information content (AvgIpc) is 2.67. The summed E-state index contributed by atoms with van der Waals surface area (Å²) in [6.45, 7) is 0.276. The number of nitrogens with one attached hydrogen (secondary N) is 2. The number of urea groups is 2. The third kappa shape index (κ3) is 4.20. The highest BCUT2D eigenvalue weighted by atomic mass is 32.3. The van der Waals surface area contributed by atoms with Gasteiger partial charge in [-0.25, -0.2) is 9.59 Å². The maximum atomic E-state index is 12.1. The number of fused-ring (bicyclic) bond motifs is 2. The second-order valence-electron chi connectivity index (χ2n) is 5.01. The lowest BCUT2D eigenvalue weighted by molar-refractivity contribution is -0.0316. The van der Waals surface area contributed by atoms with Crippen LogP contribution in [0.3, 0.4) is 0 Å². The van der Waals surface area contributed by atoms with Crippen molar-refractivity contribution in [1.82, 2.24) is 15.3 Å². The zero-order valence-electron chi connectivity index (χ0n) is 12.0. The Morgan fingerprint density at radius 3 is 2.78 bits per heavy atom. The van der Waals surface area contributed by atoms with Crippen LogP contribution < -0.4 is 11.1 Å². The molecule has 2 aliphatic rings. The number of hydrogen-bond acceptors (Lipinski definition) is 7. The number of primary amides is 1. The first-order valence-corrected chi connectivity index (χ1v) is 8.07. The Bertz CT molecular complexity index is 609. The van der Waals surface area contributed by atoms with Gasteiger partial charge < -0.3 is 20.7 Å². The number of carbonyl (C=O) groups is 2. The summed E-state index contributed by atoms with van der Waals surface area (Å²) in [6.07, 6.45) is 0.761. The lowest BCUT2D eigenvalue weighted by Crippen LogP contribution is -2.46. The van der Waals surface area contributed by atoms with Gasteiger partial charge in [-0.2, -0.15) is 13.5 Å². The predicted molar refractivity (Wildman–Crippen MR) is 74.6 cm³/mol. The maximum Gasteiger partial charge on any atom is 0.418 e. The molecule has 2 atom stereocenters. The van der Waals surface area contributed by atoms with Crippen LogP contribution in [0.1, 0.15) is 12.8 Å². The number of carbonyl (C=O) groups excluding carboxylic acids is 2. The first kappa shape index (κ1) is 17.2. The topological polar surface area (TPSA) is 175 Å². The normalized spacial score (nSPS) is 23.8. The van der Waals surface area contributed by atoms with Crippen LogP contribution in [0.25, 0.3) is 0 Å². The molecular weight excluding hydrogens is 334 g/mol. The number of nitrogens with two attached hydrogens (primary N) is 1. The van der Waals surface area contributed by atoms with Gasteiger partial charge in [0.1, 0.15) is 12.6 Å². The molecule has 0 aromatic rings. The number of nitrogens with zero attached hydrogens (tertiary/aromatic N) is 2. The average molecular weight is 351 g/mol. The van der Waals surface area contributed by atoms with Gasteiger partial charge in [-0.3, -0.25) is 9.96 Å². The van der Waals surface area contributed by atoms with E-state index in [2.05, 4.69) is 9.60 Å². The number of piperidine rings is 1. The fourth-order valence-electron chi connectivity index (χ4n) is 2.54. The monoisotopic (exact) mass is 351 g/mol. The van der Waals surface area contributed by atoms with Crippen molar-refractivity contribution in [3.63, 3.8) is 0 Å². The fraction of sp³-hybridized carbons (Fsp3) is 0.700. The van der Waals surface area contributed by atoms with Gasteiger partial charge in [0.15, 0.2) is 0 Å². The summed E-state index contributed by atoms with van der Waals surface area (Å²) in [5.41, 5.74) is 4.88. The highest BCUT2D eigenvalue weighted by molar-refractivity contribution is 7.80. The van der Waals surface area contributed by atoms with E-state index in [1.165, 1.54) is 4.90 Å². The largest absolute Gasteiger partial charge is 0.478 e. The zero-order valence-corrected chi connectivity index (χ0v) is 12.8. The third-order valence-corrected chi connectivity index (χ3v) is 3.81. The Hall–Kier alpha value is -2.12. The van der Waals surface area contributed by atoms with Crippen LogP contribution in [0.2, 0.25) is 0 Å². The molecule has 2 heterocycles. The number of hydrogen-bond donors (Lipinski definition) is 4. The third-order valence-electron chi connectivity index (χ3n) is 3.46. The molecule has 2 saturated heterocycles. The molecule has 2 bridgehead atoms. The number of rotatable bonds is 6. The van der Waals surface area contributed by atoms with E-state index in [1.54, 1.807) is 0 Å². The molecule has 2 fully saturated rings. The Balaban J connectivity index is 1.93. The maximum absolute atomic E-state index is 12.1. The van der Waals surface area contributed by atoms with Crippen molar-refractivity contribution in [2.24, 2.45) is 5.73 Å². The van der Waals surface area contributed by atoms with Gasteiger partial charge in [-0.1, -0.05) is 0 Å². The van der Waals surface area contributed by atoms with Crippen molar-refractivity contribution in [3.8, 4) is 0 Å². The predicted octanol–water partition coefficient (Wildman–Crippen LogP) is -1.35. The van der Waals surface area contributed by atoms with E-state index >= 15 is 0 Å². The standard InChI is InChI=1S/C10H17N5O7S/c11-8(21-4-3-13-9(12)16)7-2-1-6-5-14(7)10(17)15(6)22-23(18,19)20/h6-7,11H,1-5H2,(H3,12,13,16)(H,18,19,20)/t6-,7+/m1/s1. The molecule has 23 heavy (non-hydrogen) atoms. The van der Waals surface area contributed by atoms with Gasteiger partial charge in [-0.15, -0.1) is 4.28 Å². The van der Waals surface area contributed by atoms with Crippen molar-refractivity contribution < 1.29 is 31.6 Å². The van der Waals surface area contributed by atoms with E-state index in [0.29, 0.717) is 17.9 Å². The molecule has 0 unspecified atom stereocenters. The van der Waals surface area contributed by atoms with Crippen LogP contribution in [0.5, 0.6) is 0 Å². The van der Waals surface area contributed by atoms with Crippen molar-refractivity contribution in [3.05, 3.63) is 0 Å². The number of ether oxygens (including phenoxy) is 1. The second-order valence-corrected chi connectivity index (χ2v) is 6.02. The van der Waals surface area contributed by atoms with E-state index in [9.17, 15) is 18.0 Å². The molecule has 0 saturated carbocycles. The van der Waals surface area contributed by atoms with Crippen LogP contribution in [-0.2, 0) is 19.4 Å². The van der Waals surface area contributed by atoms with Gasteiger partial charge in [0.25, 0.3) is 0 Å². The summed E-state index contributed by atoms with van der Waals surface area (Å²) >= 11 is 0. The van der Waals surface area contributed by atoms with Gasteiger partial charge in [0, 0.05) is 6.54 Å². The van der Waals surface area contributed by atoms with Crippen LogP contribution in [0.15, 0.2) is 0 Å². The highest BCUT2D eigenvalue weighted by Crippen LogP contribution is 2.31. The molecule has 2 aliphatic heterocycles. The van der Waals surface area contributed by atoms with E-state index in [-0.39, 0.29) is 25.6 Å². The lowest BCUT2D eigenvalue weighted by atomic mass is 10.0. The van der Waals surface area contributed by atoms with E-state index in [1.807, 2.05) is 0 Å². The molecule has 130 valence electrons. The first-order valence-electron chi connectivity index (χ1n) is 6.70. The molecule has 2 rings (SSSR count). The smallest absolute Gasteiger partial charge is 0.418 e. The Morgan fingerprint density at radius 1 is 1.48 bits per heavy atom. The minimum atomic E-state index is -4.80. The van der Waals surface area contributed by atoms with Crippen LogP contribution in [-0.4, -0.2) is 72.7 Å². The molecular formula is C10H17N5O7S. The molecule has 5 N–H and O–H groups in total. The number of hydroxylamine groups is 2. The summed E-state index contributed by atoms with van der Waals surface area (Å²) in [7, 11) is -4.80. The molecule has 13 heteroatoms. The summed E-state index contributed by atoms with van der Waals surface area (Å²) in [6, 6.07) is -2.67. The van der Waals surface area contributed by atoms with Gasteiger partial charge in [-0.05, 0) is 12.8 Å². The summed E-state index contributed by atoms with van der Waals surface area (Å²) in [5.74, 6) is -0.184. The fourth-order valence-corrected chi connectivity index (χ4v) is 2.92.